The van der Waals surface area contributed by atoms with Gasteiger partial charge in [-0.05, 0) is 61.6 Å². The SMILES string of the molecule is CC(CN1CCc2cc(F)ccc21)NC(=O)[C@H](CC1CCCCC1)NS(=O)(=O)c1cccc(OC(F)(F)F)c1. The Balaban J connectivity index is 1.46. The largest absolute Gasteiger partial charge is 0.573 e. The Morgan fingerprint density at radius 1 is 1.13 bits per heavy atom. The summed E-state index contributed by atoms with van der Waals surface area (Å²) in [5.41, 5.74) is 1.80. The van der Waals surface area contributed by atoms with Crippen molar-refractivity contribution in [1.29, 1.82) is 0 Å². The summed E-state index contributed by atoms with van der Waals surface area (Å²) in [6.45, 7) is 2.93. The first-order chi connectivity index (χ1) is 18.4. The molecule has 1 unspecified atom stereocenters. The van der Waals surface area contributed by atoms with E-state index in [0.29, 0.717) is 19.5 Å². The maximum Gasteiger partial charge on any atom is 0.573 e. The van der Waals surface area contributed by atoms with Crippen LogP contribution in [0, 0.1) is 11.7 Å². The highest BCUT2D eigenvalue weighted by Crippen LogP contribution is 2.30. The molecule has 2 aromatic rings. The van der Waals surface area contributed by atoms with Gasteiger partial charge in [-0.2, -0.15) is 4.72 Å². The molecule has 2 atom stereocenters. The second-order valence-electron chi connectivity index (χ2n) is 10.3. The number of carbonyl (C=O) groups is 1. The smallest absolute Gasteiger partial charge is 0.406 e. The van der Waals surface area contributed by atoms with Crippen LogP contribution in [0.2, 0.25) is 0 Å². The monoisotopic (exact) mass is 571 g/mol. The topological polar surface area (TPSA) is 87.7 Å². The van der Waals surface area contributed by atoms with Crippen LogP contribution in [0.25, 0.3) is 0 Å². The van der Waals surface area contributed by atoms with Crippen LogP contribution in [-0.4, -0.2) is 45.9 Å². The van der Waals surface area contributed by atoms with E-state index in [0.717, 1.165) is 67.6 Å². The minimum absolute atomic E-state index is 0.146. The fourth-order valence-electron chi connectivity index (χ4n) is 5.41. The number of sulfonamides is 1. The first-order valence-corrected chi connectivity index (χ1v) is 14.6. The third kappa shape index (κ3) is 8.07. The van der Waals surface area contributed by atoms with Gasteiger partial charge in [-0.1, -0.05) is 38.2 Å². The molecule has 12 heteroatoms. The fraction of sp³-hybridized carbons (Fsp3) is 0.519. The lowest BCUT2D eigenvalue weighted by Gasteiger charge is -2.29. The van der Waals surface area contributed by atoms with Gasteiger partial charge in [0.1, 0.15) is 17.6 Å². The van der Waals surface area contributed by atoms with Crippen molar-refractivity contribution in [2.45, 2.75) is 75.2 Å². The Labute approximate surface area is 226 Å². The molecule has 2 N–H and O–H groups in total. The Morgan fingerprint density at radius 3 is 2.59 bits per heavy atom. The normalized spacial score (nSPS) is 17.9. The third-order valence-corrected chi connectivity index (χ3v) is 8.64. The number of benzene rings is 2. The molecule has 0 aromatic heterocycles. The van der Waals surface area contributed by atoms with Crippen LogP contribution in [0.4, 0.5) is 23.2 Å². The van der Waals surface area contributed by atoms with Gasteiger partial charge in [0, 0.05) is 30.9 Å². The average molecular weight is 572 g/mol. The lowest BCUT2D eigenvalue weighted by Crippen LogP contribution is -2.52. The number of hydrogen-bond donors (Lipinski definition) is 2. The van der Waals surface area contributed by atoms with Crippen molar-refractivity contribution >= 4 is 21.6 Å². The van der Waals surface area contributed by atoms with Gasteiger partial charge in [0.2, 0.25) is 15.9 Å². The van der Waals surface area contributed by atoms with Crippen LogP contribution in [0.1, 0.15) is 51.0 Å². The summed E-state index contributed by atoms with van der Waals surface area (Å²) in [6, 6.07) is 7.23. The zero-order chi connectivity index (χ0) is 28.2. The van der Waals surface area contributed by atoms with Gasteiger partial charge >= 0.3 is 6.36 Å². The van der Waals surface area contributed by atoms with Crippen molar-refractivity contribution in [3.63, 3.8) is 0 Å². The molecule has 0 spiro atoms. The molecule has 1 aliphatic carbocycles. The van der Waals surface area contributed by atoms with Gasteiger partial charge in [-0.15, -0.1) is 13.2 Å². The first kappa shape index (κ1) is 29.1. The minimum Gasteiger partial charge on any atom is -0.406 e. The Bertz CT molecular complexity index is 1270. The van der Waals surface area contributed by atoms with Crippen LogP contribution < -0.4 is 19.7 Å². The number of nitrogens with zero attached hydrogens (tertiary/aromatic N) is 1. The molecule has 4 rings (SSSR count). The molecule has 1 saturated carbocycles. The number of hydrogen-bond acceptors (Lipinski definition) is 5. The van der Waals surface area contributed by atoms with Gasteiger partial charge in [0.15, 0.2) is 0 Å². The van der Waals surface area contributed by atoms with Gasteiger partial charge in [0.05, 0.1) is 4.90 Å². The molecule has 0 radical (unpaired) electrons. The second-order valence-corrected chi connectivity index (χ2v) is 12.0. The van der Waals surface area contributed by atoms with Crippen LogP contribution in [0.5, 0.6) is 5.75 Å². The predicted molar refractivity (Wildman–Crippen MR) is 138 cm³/mol. The molecular weight excluding hydrogens is 538 g/mol. The molecule has 39 heavy (non-hydrogen) atoms. The van der Waals surface area contributed by atoms with Gasteiger partial charge < -0.3 is 15.0 Å². The van der Waals surface area contributed by atoms with E-state index in [4.69, 9.17) is 0 Å². The average Bonchev–Trinajstić information content (AvgIpc) is 3.24. The second kappa shape index (κ2) is 12.1. The maximum atomic E-state index is 13.6. The molecular formula is C27H33F4N3O4S. The number of carbonyl (C=O) groups excluding carboxylic acids is 1. The number of alkyl halides is 3. The van der Waals surface area contributed by atoms with Crippen molar-refractivity contribution in [2.24, 2.45) is 5.92 Å². The van der Waals surface area contributed by atoms with Crippen molar-refractivity contribution in [3.05, 3.63) is 53.8 Å². The molecule has 1 fully saturated rings. The molecule has 7 nitrogen and oxygen atoms in total. The number of anilines is 1. The van der Waals surface area contributed by atoms with Gasteiger partial charge in [-0.3, -0.25) is 4.79 Å². The van der Waals surface area contributed by atoms with Crippen LogP contribution in [-0.2, 0) is 21.2 Å². The van der Waals surface area contributed by atoms with E-state index in [9.17, 15) is 30.8 Å². The first-order valence-electron chi connectivity index (χ1n) is 13.1. The molecule has 2 aromatic carbocycles. The summed E-state index contributed by atoms with van der Waals surface area (Å²) in [4.78, 5) is 15.0. The van der Waals surface area contributed by atoms with Crippen molar-refractivity contribution in [1.82, 2.24) is 10.0 Å². The minimum atomic E-state index is -4.97. The Morgan fingerprint density at radius 2 is 1.87 bits per heavy atom. The molecule has 2 aliphatic rings. The zero-order valence-electron chi connectivity index (χ0n) is 21.6. The third-order valence-electron chi connectivity index (χ3n) is 7.17. The van der Waals surface area contributed by atoms with E-state index >= 15 is 0 Å². The summed E-state index contributed by atoms with van der Waals surface area (Å²) in [6.07, 6.45) is 0.816. The molecule has 0 saturated heterocycles. The standard InChI is InChI=1S/C27H33F4N3O4S/c1-18(17-34-13-12-20-15-21(28)10-11-25(20)34)32-26(35)24(14-19-6-3-2-4-7-19)33-39(36,37)23-9-5-8-22(16-23)38-27(29,30)31/h5,8-11,15-16,18-19,24,33H,2-4,6-7,12-14,17H2,1H3,(H,32,35)/t18?,24-/m0/s1. The van der Waals surface area contributed by atoms with Crippen molar-refractivity contribution < 1.29 is 35.5 Å². The molecule has 1 heterocycles. The summed E-state index contributed by atoms with van der Waals surface area (Å²) < 4.78 is 84.2. The number of halogens is 4. The Hall–Kier alpha value is -2.86. The highest BCUT2D eigenvalue weighted by molar-refractivity contribution is 7.89. The van der Waals surface area contributed by atoms with E-state index in [-0.39, 0.29) is 24.2 Å². The fourth-order valence-corrected chi connectivity index (χ4v) is 6.65. The number of rotatable bonds is 10. The Kier molecular flexibility index (Phi) is 9.05. The summed E-state index contributed by atoms with van der Waals surface area (Å²) in [5, 5.41) is 2.90. The number of nitrogens with one attached hydrogen (secondary N) is 2. The van der Waals surface area contributed by atoms with Gasteiger partial charge in [0.25, 0.3) is 0 Å². The summed E-state index contributed by atoms with van der Waals surface area (Å²) in [5.74, 6) is -1.33. The highest BCUT2D eigenvalue weighted by Gasteiger charge is 2.33. The van der Waals surface area contributed by atoms with Crippen LogP contribution in [0.15, 0.2) is 47.4 Å². The van der Waals surface area contributed by atoms with Gasteiger partial charge in [-0.25, -0.2) is 12.8 Å². The predicted octanol–water partition coefficient (Wildman–Crippen LogP) is 4.91. The number of amides is 1. The lowest BCUT2D eigenvalue weighted by molar-refractivity contribution is -0.274. The number of fused-ring (bicyclic) bond motifs is 1. The maximum absolute atomic E-state index is 13.6. The molecule has 1 aliphatic heterocycles. The van der Waals surface area contributed by atoms with E-state index in [2.05, 4.69) is 14.8 Å². The van der Waals surface area contributed by atoms with E-state index in [1.807, 2.05) is 11.8 Å². The van der Waals surface area contributed by atoms with Crippen LogP contribution in [0.3, 0.4) is 0 Å². The molecule has 214 valence electrons. The summed E-state index contributed by atoms with van der Waals surface area (Å²) >= 11 is 0. The summed E-state index contributed by atoms with van der Waals surface area (Å²) in [7, 11) is -4.34. The van der Waals surface area contributed by atoms with E-state index in [1.165, 1.54) is 12.1 Å². The van der Waals surface area contributed by atoms with Crippen molar-refractivity contribution in [2.75, 3.05) is 18.0 Å². The van der Waals surface area contributed by atoms with E-state index < -0.39 is 39.0 Å². The van der Waals surface area contributed by atoms with Crippen LogP contribution >= 0.6 is 0 Å². The quantitative estimate of drug-likeness (QED) is 0.396. The van der Waals surface area contributed by atoms with E-state index in [1.54, 1.807) is 6.07 Å². The molecule has 1 amide bonds. The van der Waals surface area contributed by atoms with Crippen molar-refractivity contribution in [3.8, 4) is 5.75 Å². The number of ether oxygens (including phenoxy) is 1. The lowest BCUT2D eigenvalue weighted by atomic mass is 9.85. The highest BCUT2D eigenvalue weighted by atomic mass is 32.2. The molecule has 0 bridgehead atoms. The zero-order valence-corrected chi connectivity index (χ0v) is 22.5.